The largest absolute Gasteiger partial charge is 0.354 e. The Balaban J connectivity index is 2.29. The van der Waals surface area contributed by atoms with Crippen LogP contribution in [0.15, 0.2) is 12.1 Å². The molecule has 0 saturated carbocycles. The molecule has 2 rings (SSSR count). The van der Waals surface area contributed by atoms with Crippen molar-refractivity contribution in [3.63, 3.8) is 0 Å². The number of pyridine rings is 1. The fourth-order valence-electron chi connectivity index (χ4n) is 2.05. The van der Waals surface area contributed by atoms with Crippen LogP contribution in [0.1, 0.15) is 13.8 Å². The number of anilines is 1. The van der Waals surface area contributed by atoms with Gasteiger partial charge in [0.1, 0.15) is 5.82 Å². The first-order valence-corrected chi connectivity index (χ1v) is 6.43. The van der Waals surface area contributed by atoms with Gasteiger partial charge < -0.3 is 4.90 Å². The van der Waals surface area contributed by atoms with Gasteiger partial charge in [-0.3, -0.25) is 0 Å². The van der Waals surface area contributed by atoms with Crippen molar-refractivity contribution in [2.24, 2.45) is 0 Å². The maximum absolute atomic E-state index is 4.71. The van der Waals surface area contributed by atoms with Crippen LogP contribution in [0.2, 0.25) is 0 Å². The van der Waals surface area contributed by atoms with E-state index in [1.54, 1.807) is 0 Å². The van der Waals surface area contributed by atoms with Crippen LogP contribution in [-0.4, -0.2) is 35.5 Å². The molecular formula is C13H19N3S. The zero-order valence-electron chi connectivity index (χ0n) is 10.4. The Morgan fingerprint density at radius 2 is 1.82 bits per heavy atom. The van der Waals surface area contributed by atoms with E-state index in [0.717, 1.165) is 37.3 Å². The first-order valence-electron chi connectivity index (χ1n) is 6.03. The summed E-state index contributed by atoms with van der Waals surface area (Å²) in [6.07, 6.45) is 4.16. The molecule has 0 amide bonds. The van der Waals surface area contributed by atoms with Gasteiger partial charge in [0.15, 0.2) is 0 Å². The highest BCUT2D eigenvalue weighted by molar-refractivity contribution is 7.77. The van der Waals surface area contributed by atoms with Crippen LogP contribution < -0.4 is 15.5 Å². The molecule has 1 aromatic heterocycles. The zero-order valence-corrected chi connectivity index (χ0v) is 11.3. The van der Waals surface area contributed by atoms with Crippen LogP contribution in [0, 0.1) is 0 Å². The Morgan fingerprint density at radius 1 is 1.12 bits per heavy atom. The number of thiol groups is 1. The van der Waals surface area contributed by atoms with Crippen molar-refractivity contribution in [1.29, 1.82) is 0 Å². The standard InChI is InChI=1S/C13H19N3S/c1-3-11-5-6-13(14-12(11)4-2)15-7-9-16(17)10-8-15/h3-6,17H,7-10H2,1-2H3/b11-3-,12-4+. The van der Waals surface area contributed by atoms with Crippen molar-refractivity contribution in [2.75, 3.05) is 31.1 Å². The summed E-state index contributed by atoms with van der Waals surface area (Å²) in [6.45, 7) is 8.03. The minimum absolute atomic E-state index is 0.984. The van der Waals surface area contributed by atoms with E-state index < -0.39 is 0 Å². The van der Waals surface area contributed by atoms with E-state index in [1.165, 1.54) is 5.22 Å². The summed E-state index contributed by atoms with van der Waals surface area (Å²) in [5, 5.41) is 2.27. The lowest BCUT2D eigenvalue weighted by atomic mass is 10.3. The highest BCUT2D eigenvalue weighted by Crippen LogP contribution is 2.11. The Morgan fingerprint density at radius 3 is 2.41 bits per heavy atom. The normalized spacial score (nSPS) is 20.1. The second-order valence-electron chi connectivity index (χ2n) is 4.16. The molecule has 0 radical (unpaired) electrons. The van der Waals surface area contributed by atoms with Crippen LogP contribution >= 0.6 is 12.8 Å². The number of piperazine rings is 1. The lowest BCUT2D eigenvalue weighted by Crippen LogP contribution is -2.44. The fourth-order valence-corrected chi connectivity index (χ4v) is 2.23. The van der Waals surface area contributed by atoms with Gasteiger partial charge in [0.05, 0.1) is 5.35 Å². The number of nitrogens with zero attached hydrogens (tertiary/aromatic N) is 3. The second kappa shape index (κ2) is 5.56. The maximum Gasteiger partial charge on any atom is 0.129 e. The van der Waals surface area contributed by atoms with Gasteiger partial charge in [-0.1, -0.05) is 25.0 Å². The SMILES string of the molecule is C/C=c1/ccc(N2CCN(S)CC2)n/c1=C/C. The number of aromatic nitrogens is 1. The van der Waals surface area contributed by atoms with E-state index in [2.05, 4.69) is 46.3 Å². The fraction of sp³-hybridized carbons (Fsp3) is 0.462. The smallest absolute Gasteiger partial charge is 0.129 e. The third-order valence-corrected chi connectivity index (χ3v) is 3.51. The molecule has 0 bridgehead atoms. The summed E-state index contributed by atoms with van der Waals surface area (Å²) in [4.78, 5) is 7.03. The molecule has 1 fully saturated rings. The molecule has 2 heterocycles. The molecule has 0 spiro atoms. The van der Waals surface area contributed by atoms with Crippen molar-refractivity contribution in [3.8, 4) is 0 Å². The molecule has 4 heteroatoms. The van der Waals surface area contributed by atoms with E-state index >= 15 is 0 Å². The summed E-state index contributed by atoms with van der Waals surface area (Å²) >= 11 is 4.36. The quantitative estimate of drug-likeness (QED) is 0.738. The maximum atomic E-state index is 4.71. The van der Waals surface area contributed by atoms with Crippen molar-refractivity contribution in [3.05, 3.63) is 22.7 Å². The van der Waals surface area contributed by atoms with Crippen molar-refractivity contribution >= 4 is 30.8 Å². The van der Waals surface area contributed by atoms with Crippen LogP contribution in [0.25, 0.3) is 12.2 Å². The van der Waals surface area contributed by atoms with Crippen LogP contribution in [0.5, 0.6) is 0 Å². The first-order chi connectivity index (χ1) is 8.24. The van der Waals surface area contributed by atoms with Crippen molar-refractivity contribution in [1.82, 2.24) is 9.29 Å². The van der Waals surface area contributed by atoms with Gasteiger partial charge in [-0.05, 0) is 31.2 Å². The van der Waals surface area contributed by atoms with Gasteiger partial charge in [-0.15, -0.1) is 0 Å². The van der Waals surface area contributed by atoms with E-state index in [9.17, 15) is 0 Å². The lowest BCUT2D eigenvalue weighted by Gasteiger charge is -2.32. The zero-order chi connectivity index (χ0) is 12.3. The van der Waals surface area contributed by atoms with Gasteiger partial charge in [-0.2, -0.15) is 0 Å². The highest BCUT2D eigenvalue weighted by atomic mass is 32.1. The molecular weight excluding hydrogens is 230 g/mol. The minimum atomic E-state index is 0.984. The van der Waals surface area contributed by atoms with Gasteiger partial charge in [0.2, 0.25) is 0 Å². The number of rotatable bonds is 1. The Kier molecular flexibility index (Phi) is 4.07. The van der Waals surface area contributed by atoms with E-state index in [0.29, 0.717) is 0 Å². The predicted octanol–water partition coefficient (Wildman–Crippen LogP) is 0.649. The van der Waals surface area contributed by atoms with Crippen LogP contribution in [0.3, 0.4) is 0 Å². The van der Waals surface area contributed by atoms with Crippen LogP contribution in [0.4, 0.5) is 5.82 Å². The molecule has 1 aromatic rings. The van der Waals surface area contributed by atoms with Crippen molar-refractivity contribution in [2.45, 2.75) is 13.8 Å². The Bertz CT molecular complexity index is 490. The average Bonchev–Trinajstić information content (AvgIpc) is 2.39. The summed E-state index contributed by atoms with van der Waals surface area (Å²) < 4.78 is 2.05. The number of hydrogen-bond donors (Lipinski definition) is 1. The molecule has 0 unspecified atom stereocenters. The number of hydrogen-bond acceptors (Lipinski definition) is 4. The molecule has 3 nitrogen and oxygen atoms in total. The van der Waals surface area contributed by atoms with Gasteiger partial charge in [0.25, 0.3) is 0 Å². The summed E-state index contributed by atoms with van der Waals surface area (Å²) in [7, 11) is 0. The lowest BCUT2D eigenvalue weighted by molar-refractivity contribution is 0.432. The Labute approximate surface area is 108 Å². The third kappa shape index (κ3) is 2.82. The molecule has 92 valence electrons. The summed E-state index contributed by atoms with van der Waals surface area (Å²) in [5.74, 6) is 1.07. The molecule has 17 heavy (non-hydrogen) atoms. The summed E-state index contributed by atoms with van der Waals surface area (Å²) in [6, 6.07) is 4.25. The molecule has 1 aliphatic heterocycles. The molecule has 0 aliphatic carbocycles. The van der Waals surface area contributed by atoms with Gasteiger partial charge in [0, 0.05) is 26.2 Å². The first kappa shape index (κ1) is 12.5. The highest BCUT2D eigenvalue weighted by Gasteiger charge is 2.15. The summed E-state index contributed by atoms with van der Waals surface area (Å²) in [5.41, 5.74) is 0. The molecule has 0 N–H and O–H groups in total. The Hall–Kier alpha value is -1.00. The monoisotopic (exact) mass is 249 g/mol. The van der Waals surface area contributed by atoms with Crippen molar-refractivity contribution < 1.29 is 0 Å². The minimum Gasteiger partial charge on any atom is -0.354 e. The molecule has 0 atom stereocenters. The molecule has 1 saturated heterocycles. The molecule has 0 aromatic carbocycles. The average molecular weight is 249 g/mol. The third-order valence-electron chi connectivity index (χ3n) is 3.11. The van der Waals surface area contributed by atoms with Gasteiger partial charge >= 0.3 is 0 Å². The van der Waals surface area contributed by atoms with E-state index in [4.69, 9.17) is 4.98 Å². The molecule has 1 aliphatic rings. The van der Waals surface area contributed by atoms with E-state index in [1.807, 2.05) is 13.8 Å². The van der Waals surface area contributed by atoms with Crippen LogP contribution in [-0.2, 0) is 0 Å². The topological polar surface area (TPSA) is 19.4 Å². The van der Waals surface area contributed by atoms with Gasteiger partial charge in [-0.25, -0.2) is 9.29 Å². The predicted molar refractivity (Wildman–Crippen MR) is 76.5 cm³/mol. The van der Waals surface area contributed by atoms with E-state index in [-0.39, 0.29) is 0 Å². The second-order valence-corrected chi connectivity index (χ2v) is 4.73.